The van der Waals surface area contributed by atoms with E-state index < -0.39 is 5.97 Å². The Bertz CT molecular complexity index is 830. The molecule has 2 aromatic heterocycles. The van der Waals surface area contributed by atoms with Crippen LogP contribution in [0, 0.1) is 17.8 Å². The minimum absolute atomic E-state index is 0.326. The molecule has 8 nitrogen and oxygen atoms in total. The summed E-state index contributed by atoms with van der Waals surface area (Å²) < 4.78 is 2.15. The predicted molar refractivity (Wildman–Crippen MR) is 108 cm³/mol. The van der Waals surface area contributed by atoms with Crippen molar-refractivity contribution >= 4 is 29.2 Å². The number of nitrogens with one attached hydrogen (secondary N) is 1. The summed E-state index contributed by atoms with van der Waals surface area (Å²) in [6, 6.07) is 2.00. The summed E-state index contributed by atoms with van der Waals surface area (Å²) in [5.74, 6) is 1.04. The molecule has 2 rings (SSSR count). The van der Waals surface area contributed by atoms with E-state index in [1.54, 1.807) is 6.20 Å². The molecule has 0 aliphatic heterocycles. The smallest absolute Gasteiger partial charge is 0.325 e. The number of nitrogens with two attached hydrogens (primary N) is 1. The van der Waals surface area contributed by atoms with E-state index in [2.05, 4.69) is 52.5 Å². The Kier molecular flexibility index (Phi) is 6.92. The van der Waals surface area contributed by atoms with Crippen LogP contribution >= 0.6 is 0 Å². The summed E-state index contributed by atoms with van der Waals surface area (Å²) >= 11 is 0. The summed E-state index contributed by atoms with van der Waals surface area (Å²) in [4.78, 5) is 23.2. The third kappa shape index (κ3) is 5.54. The highest BCUT2D eigenvalue weighted by Crippen LogP contribution is 2.25. The number of anilines is 1. The van der Waals surface area contributed by atoms with Crippen molar-refractivity contribution in [1.29, 1.82) is 0 Å². The van der Waals surface area contributed by atoms with E-state index in [9.17, 15) is 4.79 Å². The van der Waals surface area contributed by atoms with Crippen LogP contribution in [0.3, 0.4) is 0 Å². The third-order valence-electron chi connectivity index (χ3n) is 4.51. The largest absolute Gasteiger partial charge is 0.480 e. The molecule has 0 saturated carbocycles. The monoisotopic (exact) mass is 372 g/mol. The molecule has 0 amide bonds. The predicted octanol–water partition coefficient (Wildman–Crippen LogP) is 2.73. The Balaban J connectivity index is 2.23. The average molecular weight is 372 g/mol. The molecule has 0 unspecified atom stereocenters. The van der Waals surface area contributed by atoms with E-state index in [4.69, 9.17) is 10.8 Å². The van der Waals surface area contributed by atoms with Gasteiger partial charge in [0.25, 0.3) is 0 Å². The highest BCUT2D eigenvalue weighted by atomic mass is 16.4. The second-order valence-electron chi connectivity index (χ2n) is 7.20. The summed E-state index contributed by atoms with van der Waals surface area (Å²) in [5.41, 5.74) is 6.84. The number of nitrogens with zero attached hydrogens (tertiary/aromatic N) is 4. The topological polar surface area (TPSA) is 118 Å². The van der Waals surface area contributed by atoms with Gasteiger partial charge in [-0.05, 0) is 23.8 Å². The van der Waals surface area contributed by atoms with Gasteiger partial charge in [-0.2, -0.15) is 4.98 Å². The first-order valence-electron chi connectivity index (χ1n) is 9.04. The summed E-state index contributed by atoms with van der Waals surface area (Å²) in [6.45, 7) is 9.53. The maximum absolute atomic E-state index is 10.6. The number of carboxylic acid groups (broad SMARTS) is 1. The van der Waals surface area contributed by atoms with Crippen LogP contribution in [0.1, 0.15) is 27.7 Å². The SMILES string of the molecule is CC(C)C(Cn1ccc2cnc(N/C(C=NCC(=O)O)=C/N)nc21)C(C)C. The number of aliphatic carboxylic acids is 1. The Labute approximate surface area is 159 Å². The minimum atomic E-state index is -1.01. The number of hydrogen-bond acceptors (Lipinski definition) is 6. The molecule has 27 heavy (non-hydrogen) atoms. The molecule has 146 valence electrons. The number of aliphatic imine (C=N–C) groups is 1. The number of carbonyl (C=O) groups is 1. The molecule has 0 aromatic carbocycles. The molecular weight excluding hydrogens is 344 g/mol. The van der Waals surface area contributed by atoms with Crippen LogP contribution in [0.25, 0.3) is 11.0 Å². The lowest BCUT2D eigenvalue weighted by Crippen LogP contribution is -2.21. The number of aromatic nitrogens is 3. The van der Waals surface area contributed by atoms with Crippen molar-refractivity contribution in [2.75, 3.05) is 11.9 Å². The third-order valence-corrected chi connectivity index (χ3v) is 4.51. The molecule has 8 heteroatoms. The normalized spacial score (nSPS) is 12.8. The minimum Gasteiger partial charge on any atom is -0.480 e. The number of carboxylic acids is 1. The van der Waals surface area contributed by atoms with Gasteiger partial charge in [0.1, 0.15) is 12.2 Å². The number of hydrogen-bond donors (Lipinski definition) is 3. The van der Waals surface area contributed by atoms with Crippen molar-refractivity contribution < 1.29 is 9.90 Å². The van der Waals surface area contributed by atoms with E-state index >= 15 is 0 Å². The van der Waals surface area contributed by atoms with Crippen LogP contribution in [-0.4, -0.2) is 38.4 Å². The fourth-order valence-corrected chi connectivity index (χ4v) is 3.06. The second-order valence-corrected chi connectivity index (χ2v) is 7.20. The van der Waals surface area contributed by atoms with Crippen LogP contribution in [-0.2, 0) is 11.3 Å². The summed E-state index contributed by atoms with van der Waals surface area (Å²) in [6.07, 6.45) is 6.44. The Morgan fingerprint density at radius 1 is 1.37 bits per heavy atom. The van der Waals surface area contributed by atoms with Gasteiger partial charge in [-0.1, -0.05) is 27.7 Å². The van der Waals surface area contributed by atoms with Crippen LogP contribution in [0.5, 0.6) is 0 Å². The van der Waals surface area contributed by atoms with Gasteiger partial charge in [0.15, 0.2) is 0 Å². The van der Waals surface area contributed by atoms with E-state index in [-0.39, 0.29) is 6.54 Å². The lowest BCUT2D eigenvalue weighted by Gasteiger charge is -2.25. The fraction of sp³-hybridized carbons (Fsp3) is 0.474. The Hall–Kier alpha value is -2.90. The van der Waals surface area contributed by atoms with Gasteiger partial charge in [0.2, 0.25) is 5.95 Å². The first-order valence-corrected chi connectivity index (χ1v) is 9.04. The van der Waals surface area contributed by atoms with E-state index in [0.29, 0.717) is 29.4 Å². The molecule has 0 fully saturated rings. The van der Waals surface area contributed by atoms with Crippen molar-refractivity contribution in [1.82, 2.24) is 14.5 Å². The van der Waals surface area contributed by atoms with Crippen LogP contribution in [0.15, 0.2) is 35.3 Å². The van der Waals surface area contributed by atoms with Gasteiger partial charge in [-0.25, -0.2) is 4.98 Å². The van der Waals surface area contributed by atoms with E-state index in [0.717, 1.165) is 17.6 Å². The highest BCUT2D eigenvalue weighted by molar-refractivity contribution is 5.84. The molecule has 0 radical (unpaired) electrons. The lowest BCUT2D eigenvalue weighted by molar-refractivity contribution is -0.135. The summed E-state index contributed by atoms with van der Waals surface area (Å²) in [5, 5.41) is 12.6. The Morgan fingerprint density at radius 3 is 2.67 bits per heavy atom. The van der Waals surface area contributed by atoms with E-state index in [1.165, 1.54) is 12.4 Å². The summed E-state index contributed by atoms with van der Waals surface area (Å²) in [7, 11) is 0. The first kappa shape index (κ1) is 20.4. The number of fused-ring (bicyclic) bond motifs is 1. The molecule has 2 aromatic rings. The molecule has 0 aliphatic carbocycles. The zero-order chi connectivity index (χ0) is 20.0. The van der Waals surface area contributed by atoms with E-state index in [1.807, 2.05) is 12.3 Å². The molecule has 0 saturated heterocycles. The fourth-order valence-electron chi connectivity index (χ4n) is 3.06. The van der Waals surface area contributed by atoms with Crippen molar-refractivity contribution in [3.05, 3.63) is 30.4 Å². The van der Waals surface area contributed by atoms with Crippen molar-refractivity contribution in [2.24, 2.45) is 28.5 Å². The quantitative estimate of drug-likeness (QED) is 0.582. The van der Waals surface area contributed by atoms with Gasteiger partial charge < -0.3 is 20.7 Å². The number of rotatable bonds is 9. The van der Waals surface area contributed by atoms with Gasteiger partial charge in [0, 0.05) is 36.7 Å². The van der Waals surface area contributed by atoms with Crippen molar-refractivity contribution in [2.45, 2.75) is 34.2 Å². The maximum atomic E-state index is 10.6. The van der Waals surface area contributed by atoms with Gasteiger partial charge in [0.05, 0.1) is 5.70 Å². The zero-order valence-corrected chi connectivity index (χ0v) is 16.3. The van der Waals surface area contributed by atoms with Gasteiger partial charge in [-0.15, -0.1) is 0 Å². The highest BCUT2D eigenvalue weighted by Gasteiger charge is 2.19. The zero-order valence-electron chi connectivity index (χ0n) is 16.3. The standard InChI is InChI=1S/C19H28N6O2/c1-12(2)16(13(3)4)11-25-6-5-14-8-22-19(24-18(14)25)23-15(7-20)9-21-10-17(26)27/h5-9,12-13,16H,10-11,20H2,1-4H3,(H,26,27)(H,22,23,24)/b15-7+,21-9?. The number of allylic oxidation sites excluding steroid dienone is 1. The van der Waals surface area contributed by atoms with Gasteiger partial charge in [-0.3, -0.25) is 9.79 Å². The lowest BCUT2D eigenvalue weighted by atomic mass is 9.85. The molecule has 0 aliphatic rings. The van der Waals surface area contributed by atoms with Crippen LogP contribution in [0.4, 0.5) is 5.95 Å². The van der Waals surface area contributed by atoms with Crippen LogP contribution < -0.4 is 11.1 Å². The molecule has 4 N–H and O–H groups in total. The molecular formula is C19H28N6O2. The first-order chi connectivity index (χ1) is 12.8. The molecule has 0 spiro atoms. The van der Waals surface area contributed by atoms with Crippen molar-refractivity contribution in [3.63, 3.8) is 0 Å². The van der Waals surface area contributed by atoms with Gasteiger partial charge >= 0.3 is 5.97 Å². The van der Waals surface area contributed by atoms with Crippen molar-refractivity contribution in [3.8, 4) is 0 Å². The molecule has 2 heterocycles. The maximum Gasteiger partial charge on any atom is 0.325 e. The Morgan fingerprint density at radius 2 is 2.07 bits per heavy atom. The van der Waals surface area contributed by atoms with Crippen LogP contribution in [0.2, 0.25) is 0 Å². The molecule has 0 atom stereocenters. The molecule has 0 bridgehead atoms. The average Bonchev–Trinajstić information content (AvgIpc) is 3.00. The second kappa shape index (κ2) is 9.16.